The second-order valence-electron chi connectivity index (χ2n) is 8.34. The first-order chi connectivity index (χ1) is 14.5. The summed E-state index contributed by atoms with van der Waals surface area (Å²) < 4.78 is 11.0. The lowest BCUT2D eigenvalue weighted by molar-refractivity contribution is -0.114. The third-order valence-corrected chi connectivity index (χ3v) is 6.80. The first-order valence-electron chi connectivity index (χ1n) is 10.4. The van der Waals surface area contributed by atoms with Crippen LogP contribution in [0.25, 0.3) is 0 Å². The van der Waals surface area contributed by atoms with E-state index in [4.69, 9.17) is 20.3 Å². The molecule has 7 nitrogen and oxygen atoms in total. The molecule has 1 aromatic rings. The Kier molecular flexibility index (Phi) is 5.56. The highest BCUT2D eigenvalue weighted by molar-refractivity contribution is 5.93. The minimum absolute atomic E-state index is 0.0867. The Morgan fingerprint density at radius 3 is 2.77 bits per heavy atom. The van der Waals surface area contributed by atoms with Gasteiger partial charge in [0.2, 0.25) is 5.91 Å². The lowest BCUT2D eigenvalue weighted by atomic mass is 9.65. The predicted molar refractivity (Wildman–Crippen MR) is 117 cm³/mol. The van der Waals surface area contributed by atoms with Crippen LogP contribution in [0.5, 0.6) is 11.5 Å². The van der Waals surface area contributed by atoms with Gasteiger partial charge >= 0.3 is 0 Å². The Balaban J connectivity index is 1.58. The van der Waals surface area contributed by atoms with Crippen LogP contribution < -0.4 is 15.2 Å². The quantitative estimate of drug-likeness (QED) is 0.806. The van der Waals surface area contributed by atoms with Gasteiger partial charge in [-0.3, -0.25) is 9.80 Å². The molecule has 2 atom stereocenters. The lowest BCUT2D eigenvalue weighted by Crippen LogP contribution is -2.46. The van der Waals surface area contributed by atoms with Crippen molar-refractivity contribution in [3.63, 3.8) is 0 Å². The first kappa shape index (κ1) is 20.5. The number of hydrazone groups is 1. The number of fused-ring (bicyclic) bond motifs is 1. The molecule has 1 saturated carbocycles. The van der Waals surface area contributed by atoms with E-state index in [0.717, 1.165) is 43.7 Å². The number of hydrogen-bond donors (Lipinski definition) is 1. The molecule has 0 spiro atoms. The molecule has 2 aliphatic heterocycles. The smallest absolute Gasteiger partial charge is 0.246 e. The summed E-state index contributed by atoms with van der Waals surface area (Å²) in [4.78, 5) is 14.0. The van der Waals surface area contributed by atoms with Crippen LogP contribution in [0.3, 0.4) is 0 Å². The number of likely N-dealkylation sites (tertiary alicyclic amines) is 1. The second kappa shape index (κ2) is 8.14. The maximum Gasteiger partial charge on any atom is 0.246 e. The molecule has 0 bridgehead atoms. The third-order valence-electron chi connectivity index (χ3n) is 6.80. The number of ether oxygens (including phenoxy) is 2. The van der Waals surface area contributed by atoms with Crippen molar-refractivity contribution in [3.05, 3.63) is 47.7 Å². The fourth-order valence-corrected chi connectivity index (χ4v) is 5.12. The van der Waals surface area contributed by atoms with E-state index in [9.17, 15) is 4.79 Å². The first-order valence-corrected chi connectivity index (χ1v) is 10.4. The molecule has 1 aromatic carbocycles. The maximum atomic E-state index is 11.5. The number of methoxy groups -OCH3 is 2. The van der Waals surface area contributed by atoms with Gasteiger partial charge in [0.25, 0.3) is 0 Å². The minimum Gasteiger partial charge on any atom is -0.493 e. The maximum absolute atomic E-state index is 11.5. The summed E-state index contributed by atoms with van der Waals surface area (Å²) in [7, 11) is 5.55. The molecule has 4 rings (SSSR count). The van der Waals surface area contributed by atoms with Crippen LogP contribution in [-0.4, -0.2) is 61.9 Å². The van der Waals surface area contributed by atoms with Gasteiger partial charge in [0.1, 0.15) is 0 Å². The van der Waals surface area contributed by atoms with E-state index in [0.29, 0.717) is 18.2 Å². The number of nitrogens with zero attached hydrogens (tertiary/aromatic N) is 3. The summed E-state index contributed by atoms with van der Waals surface area (Å²) in [5.74, 6) is 1.14. The van der Waals surface area contributed by atoms with Crippen LogP contribution in [0.2, 0.25) is 0 Å². The molecule has 3 aliphatic rings. The average Bonchev–Trinajstić information content (AvgIpc) is 3.10. The fourth-order valence-electron chi connectivity index (χ4n) is 5.12. The van der Waals surface area contributed by atoms with Crippen molar-refractivity contribution < 1.29 is 14.3 Å². The number of carbonyl (C=O) groups excluding carboxylic acids is 1. The molecule has 0 unspecified atom stereocenters. The molecule has 160 valence electrons. The van der Waals surface area contributed by atoms with Crippen molar-refractivity contribution in [2.24, 2.45) is 10.8 Å². The number of benzene rings is 1. The van der Waals surface area contributed by atoms with Gasteiger partial charge < -0.3 is 20.1 Å². The van der Waals surface area contributed by atoms with E-state index >= 15 is 0 Å². The Labute approximate surface area is 177 Å². The third kappa shape index (κ3) is 3.58. The van der Waals surface area contributed by atoms with Crippen LogP contribution in [0.15, 0.2) is 47.2 Å². The van der Waals surface area contributed by atoms with Crippen molar-refractivity contribution in [3.8, 4) is 11.5 Å². The molecule has 1 aliphatic carbocycles. The molecule has 0 aromatic heterocycles. The Morgan fingerprint density at radius 2 is 2.03 bits per heavy atom. The van der Waals surface area contributed by atoms with Crippen LogP contribution in [0.1, 0.15) is 31.2 Å². The largest absolute Gasteiger partial charge is 0.493 e. The zero-order valence-electron chi connectivity index (χ0n) is 17.9. The molecule has 2 N–H and O–H groups in total. The molecule has 1 amide bonds. The van der Waals surface area contributed by atoms with E-state index in [1.165, 1.54) is 11.3 Å². The number of hydrogen-bond acceptors (Lipinski definition) is 6. The van der Waals surface area contributed by atoms with Crippen LogP contribution in [-0.2, 0) is 10.2 Å². The number of primary amides is 1. The highest BCUT2D eigenvalue weighted by atomic mass is 16.5. The van der Waals surface area contributed by atoms with Crippen molar-refractivity contribution in [1.82, 2.24) is 9.91 Å². The number of amides is 1. The van der Waals surface area contributed by atoms with Gasteiger partial charge in [0, 0.05) is 35.4 Å². The molecular formula is C23H30N4O3. The number of nitrogens with two attached hydrogens (primary N) is 1. The number of allylic oxidation sites excluding steroid dienone is 2. The summed E-state index contributed by atoms with van der Waals surface area (Å²) >= 11 is 0. The summed E-state index contributed by atoms with van der Waals surface area (Å²) in [6.07, 6.45) is 9.47. The fraction of sp³-hybridized carbons (Fsp3) is 0.478. The van der Waals surface area contributed by atoms with Crippen LogP contribution in [0, 0.1) is 0 Å². The molecule has 1 saturated heterocycles. The normalized spacial score (nSPS) is 27.7. The van der Waals surface area contributed by atoms with Gasteiger partial charge in [-0.25, -0.2) is 0 Å². The Hall–Kier alpha value is -2.80. The van der Waals surface area contributed by atoms with E-state index in [1.54, 1.807) is 20.3 Å². The Bertz CT molecular complexity index is 923. The van der Waals surface area contributed by atoms with Crippen molar-refractivity contribution >= 4 is 11.6 Å². The highest BCUT2D eigenvalue weighted by Crippen LogP contribution is 2.49. The number of rotatable bonds is 5. The predicted octanol–water partition coefficient (Wildman–Crippen LogP) is 2.43. The number of carbonyl (C=O) groups is 1. The Morgan fingerprint density at radius 1 is 1.23 bits per heavy atom. The topological polar surface area (TPSA) is 80.4 Å². The summed E-state index contributed by atoms with van der Waals surface area (Å²) in [5, 5.41) is 6.68. The summed E-state index contributed by atoms with van der Waals surface area (Å²) in [5.41, 5.74) is 8.58. The standard InChI is InChI=1S/C23H30N4O3/c1-26-12-10-23(17-6-7-19(29-2)20(13-17)30-3)9-8-18(14-21(23)26)25-27-11-4-5-16(15-27)22(24)28/h4-7,11,13,21H,8-10,12,14-15H2,1-3H3,(H2,24,28)/t21-,23-/m0/s1. The van der Waals surface area contributed by atoms with Gasteiger partial charge in [-0.05, 0) is 56.6 Å². The van der Waals surface area contributed by atoms with Crippen molar-refractivity contribution in [2.75, 3.05) is 34.4 Å². The van der Waals surface area contributed by atoms with Gasteiger partial charge in [0.15, 0.2) is 11.5 Å². The SMILES string of the molecule is COc1ccc([C@@]23CCC(=NN4C=CC=C(C(N)=O)C4)C[C@@H]2N(C)CC3)cc1OC. The van der Waals surface area contributed by atoms with Crippen molar-refractivity contribution in [2.45, 2.75) is 37.1 Å². The van der Waals surface area contributed by atoms with Gasteiger partial charge in [-0.1, -0.05) is 12.1 Å². The number of likely N-dealkylation sites (N-methyl/N-ethyl adjacent to an activating group) is 1. The summed E-state index contributed by atoms with van der Waals surface area (Å²) in [6.45, 7) is 1.49. The van der Waals surface area contributed by atoms with E-state index in [2.05, 4.69) is 24.1 Å². The zero-order valence-corrected chi connectivity index (χ0v) is 17.9. The molecule has 30 heavy (non-hydrogen) atoms. The second-order valence-corrected chi connectivity index (χ2v) is 8.34. The lowest BCUT2D eigenvalue weighted by Gasteiger charge is -2.42. The molecule has 2 fully saturated rings. The molecule has 7 heteroatoms. The van der Waals surface area contributed by atoms with E-state index in [-0.39, 0.29) is 5.41 Å². The van der Waals surface area contributed by atoms with E-state index in [1.807, 2.05) is 23.4 Å². The van der Waals surface area contributed by atoms with Crippen LogP contribution >= 0.6 is 0 Å². The minimum atomic E-state index is -0.392. The highest BCUT2D eigenvalue weighted by Gasteiger charge is 2.50. The molecule has 0 radical (unpaired) electrons. The molecule has 2 heterocycles. The van der Waals surface area contributed by atoms with Gasteiger partial charge in [-0.2, -0.15) is 5.10 Å². The van der Waals surface area contributed by atoms with Gasteiger partial charge in [-0.15, -0.1) is 0 Å². The molecular weight excluding hydrogens is 380 g/mol. The van der Waals surface area contributed by atoms with E-state index < -0.39 is 5.91 Å². The average molecular weight is 411 g/mol. The van der Waals surface area contributed by atoms with Gasteiger partial charge in [0.05, 0.1) is 20.8 Å². The zero-order chi connectivity index (χ0) is 21.3. The van der Waals surface area contributed by atoms with Crippen molar-refractivity contribution in [1.29, 1.82) is 0 Å². The van der Waals surface area contributed by atoms with Crippen LogP contribution in [0.4, 0.5) is 0 Å². The monoisotopic (exact) mass is 410 g/mol. The summed E-state index contributed by atoms with van der Waals surface area (Å²) in [6, 6.07) is 6.72.